The highest BCUT2D eigenvalue weighted by atomic mass is 79.9. The van der Waals surface area contributed by atoms with E-state index in [1.54, 1.807) is 0 Å². The zero-order chi connectivity index (χ0) is 23.8. The van der Waals surface area contributed by atoms with Crippen molar-refractivity contribution < 1.29 is 4.79 Å². The van der Waals surface area contributed by atoms with Crippen LogP contribution in [0.2, 0.25) is 5.02 Å². The Morgan fingerprint density at radius 1 is 1.03 bits per heavy atom. The maximum Gasteiger partial charge on any atom is 0.225 e. The lowest BCUT2D eigenvalue weighted by Gasteiger charge is -2.39. The fourth-order valence-electron chi connectivity index (χ4n) is 6.16. The lowest BCUT2D eigenvalue weighted by atomic mass is 9.76. The summed E-state index contributed by atoms with van der Waals surface area (Å²) in [6, 6.07) is 6.38. The number of fused-ring (bicyclic) bond motifs is 2. The minimum Gasteiger partial charge on any atom is -0.342 e. The topological polar surface area (TPSA) is 45.6 Å². The van der Waals surface area contributed by atoms with Crippen LogP contribution in [0, 0.1) is 11.8 Å². The van der Waals surface area contributed by atoms with Crippen LogP contribution in [0.5, 0.6) is 0 Å². The molecule has 0 N–H and O–H groups in total. The highest BCUT2D eigenvalue weighted by Crippen LogP contribution is 2.46. The third kappa shape index (κ3) is 4.87. The number of piperidine rings is 1. The van der Waals surface area contributed by atoms with Gasteiger partial charge in [0.2, 0.25) is 5.91 Å². The minimum absolute atomic E-state index is 0.164. The van der Waals surface area contributed by atoms with Gasteiger partial charge in [0.25, 0.3) is 0 Å². The molecular weight excluding hydrogens is 578 g/mol. The molecule has 5 rings (SSSR count). The van der Waals surface area contributed by atoms with E-state index < -0.39 is 0 Å². The molecule has 1 atom stereocenters. The molecule has 2 aromatic rings. The summed E-state index contributed by atoms with van der Waals surface area (Å²) in [4.78, 5) is 24.7. The third-order valence-corrected chi connectivity index (χ3v) is 9.28. The van der Waals surface area contributed by atoms with E-state index in [9.17, 15) is 4.79 Å². The van der Waals surface area contributed by atoms with Gasteiger partial charge in [-0.05, 0) is 108 Å². The van der Waals surface area contributed by atoms with Crippen molar-refractivity contribution in [2.24, 2.45) is 16.8 Å². The molecule has 34 heavy (non-hydrogen) atoms. The monoisotopic (exact) mass is 605 g/mol. The largest absolute Gasteiger partial charge is 0.342 e. The molecule has 7 heteroatoms. The van der Waals surface area contributed by atoms with Gasteiger partial charge in [-0.3, -0.25) is 14.8 Å². The molecule has 1 aromatic carbocycles. The summed E-state index contributed by atoms with van der Waals surface area (Å²) in [6.45, 7) is 1.66. The van der Waals surface area contributed by atoms with Crippen molar-refractivity contribution in [1.29, 1.82) is 0 Å². The molecule has 0 spiro atoms. The summed E-state index contributed by atoms with van der Waals surface area (Å²) in [5.74, 6) is 1.17. The fourth-order valence-corrected chi connectivity index (χ4v) is 7.66. The standard InChI is InChI=1S/C27H30Br2ClN3O/c1-31-22-6-4-17(5-7-22)27(34)33-10-8-16(9-11-33)25-24-18(13-21(30)14-23(24)29)2-3-19-12-20(28)15-32-26(19)25/h12-17,25H,2-11H2,1H3/t17?,25-/m1/s1. The van der Waals surface area contributed by atoms with E-state index in [1.807, 2.05) is 19.3 Å². The molecule has 1 amide bonds. The SMILES string of the molecule is CN=C1CCC(C(=O)N2CCC([C@H]3c4ncc(Br)cc4CCc4cc(Cl)cc(Br)c43)CC2)CC1. The second-order valence-electron chi connectivity index (χ2n) is 9.86. The Bertz CT molecular complexity index is 1120. The number of halogens is 3. The molecule has 180 valence electrons. The Kier molecular flexibility index (Phi) is 7.48. The smallest absolute Gasteiger partial charge is 0.225 e. The number of aromatic nitrogens is 1. The quantitative estimate of drug-likeness (QED) is 0.370. The molecule has 2 heterocycles. The van der Waals surface area contributed by atoms with Gasteiger partial charge in [0, 0.05) is 57.8 Å². The minimum atomic E-state index is 0.164. The van der Waals surface area contributed by atoms with E-state index in [0.717, 1.165) is 78.4 Å². The number of carbonyl (C=O) groups is 1. The Hall–Kier alpha value is -1.24. The van der Waals surface area contributed by atoms with Gasteiger partial charge < -0.3 is 4.90 Å². The van der Waals surface area contributed by atoms with E-state index in [-0.39, 0.29) is 11.8 Å². The van der Waals surface area contributed by atoms with Crippen LogP contribution in [-0.4, -0.2) is 41.6 Å². The summed E-state index contributed by atoms with van der Waals surface area (Å²) >= 11 is 13.9. The number of aryl methyl sites for hydroxylation is 2. The number of rotatable bonds is 2. The Balaban J connectivity index is 1.39. The van der Waals surface area contributed by atoms with Gasteiger partial charge in [0.1, 0.15) is 0 Å². The second kappa shape index (κ2) is 10.4. The van der Waals surface area contributed by atoms with Gasteiger partial charge in [-0.15, -0.1) is 0 Å². The third-order valence-electron chi connectivity index (χ3n) is 7.97. The van der Waals surface area contributed by atoms with Crippen molar-refractivity contribution >= 4 is 55.1 Å². The summed E-state index contributed by atoms with van der Waals surface area (Å²) < 4.78 is 2.10. The maximum atomic E-state index is 13.3. The molecule has 1 saturated heterocycles. The van der Waals surface area contributed by atoms with Gasteiger partial charge in [-0.1, -0.05) is 27.5 Å². The van der Waals surface area contributed by atoms with Crippen molar-refractivity contribution in [3.05, 3.63) is 60.7 Å². The summed E-state index contributed by atoms with van der Waals surface area (Å²) in [7, 11) is 1.87. The number of nitrogens with zero attached hydrogens (tertiary/aromatic N) is 3. The first kappa shape index (κ1) is 24.5. The predicted octanol–water partition coefficient (Wildman–Crippen LogP) is 6.99. The van der Waals surface area contributed by atoms with E-state index >= 15 is 0 Å². The summed E-state index contributed by atoms with van der Waals surface area (Å²) in [6.07, 6.45) is 9.66. The fraction of sp³-hybridized carbons (Fsp3) is 0.519. The lowest BCUT2D eigenvalue weighted by Crippen LogP contribution is -2.43. The summed E-state index contributed by atoms with van der Waals surface area (Å²) in [5.41, 5.74) is 6.41. The molecule has 4 nitrogen and oxygen atoms in total. The lowest BCUT2D eigenvalue weighted by molar-refractivity contribution is -0.137. The van der Waals surface area contributed by atoms with Crippen LogP contribution in [0.4, 0.5) is 0 Å². The average Bonchev–Trinajstić information content (AvgIpc) is 3.00. The molecular formula is C27H30Br2ClN3O. The van der Waals surface area contributed by atoms with Crippen molar-refractivity contribution in [3.63, 3.8) is 0 Å². The molecule has 2 fully saturated rings. The first-order chi connectivity index (χ1) is 16.4. The van der Waals surface area contributed by atoms with E-state index in [1.165, 1.54) is 28.1 Å². The van der Waals surface area contributed by atoms with Crippen molar-refractivity contribution in [2.45, 2.75) is 57.3 Å². The van der Waals surface area contributed by atoms with Gasteiger partial charge in [-0.25, -0.2) is 0 Å². The van der Waals surface area contributed by atoms with E-state index in [0.29, 0.717) is 11.8 Å². The van der Waals surface area contributed by atoms with Crippen LogP contribution in [0.15, 0.2) is 38.3 Å². The molecule has 2 aliphatic carbocycles. The van der Waals surface area contributed by atoms with Crippen LogP contribution >= 0.6 is 43.5 Å². The van der Waals surface area contributed by atoms with Crippen molar-refractivity contribution in [1.82, 2.24) is 9.88 Å². The highest BCUT2D eigenvalue weighted by Gasteiger charge is 2.37. The van der Waals surface area contributed by atoms with E-state index in [4.69, 9.17) is 16.6 Å². The molecule has 0 bridgehead atoms. The zero-order valence-electron chi connectivity index (χ0n) is 19.5. The Morgan fingerprint density at radius 3 is 2.44 bits per heavy atom. The molecule has 1 aromatic heterocycles. The van der Waals surface area contributed by atoms with Crippen LogP contribution < -0.4 is 0 Å². The maximum absolute atomic E-state index is 13.3. The first-order valence-electron chi connectivity index (χ1n) is 12.3. The molecule has 0 radical (unpaired) electrons. The second-order valence-corrected chi connectivity index (χ2v) is 12.1. The molecule has 0 unspecified atom stereocenters. The highest BCUT2D eigenvalue weighted by molar-refractivity contribution is 9.10. The molecule has 1 saturated carbocycles. The number of carbonyl (C=O) groups excluding carboxylic acids is 1. The van der Waals surface area contributed by atoms with Crippen molar-refractivity contribution in [2.75, 3.05) is 20.1 Å². The summed E-state index contributed by atoms with van der Waals surface area (Å²) in [5, 5.41) is 0.772. The number of likely N-dealkylation sites (tertiary alicyclic amines) is 1. The van der Waals surface area contributed by atoms with Gasteiger partial charge >= 0.3 is 0 Å². The van der Waals surface area contributed by atoms with Crippen LogP contribution in [0.3, 0.4) is 0 Å². The average molecular weight is 608 g/mol. The Labute approximate surface area is 223 Å². The number of hydrogen-bond acceptors (Lipinski definition) is 3. The predicted molar refractivity (Wildman–Crippen MR) is 145 cm³/mol. The Morgan fingerprint density at radius 2 is 1.74 bits per heavy atom. The zero-order valence-corrected chi connectivity index (χ0v) is 23.4. The van der Waals surface area contributed by atoms with E-state index in [2.05, 4.69) is 53.9 Å². The van der Waals surface area contributed by atoms with Gasteiger partial charge in [-0.2, -0.15) is 0 Å². The number of amides is 1. The molecule has 1 aliphatic heterocycles. The van der Waals surface area contributed by atoms with Crippen LogP contribution in [-0.2, 0) is 17.6 Å². The first-order valence-corrected chi connectivity index (χ1v) is 14.3. The number of pyridine rings is 1. The number of aliphatic imine (C=N–C) groups is 1. The van der Waals surface area contributed by atoms with Crippen LogP contribution in [0.25, 0.3) is 0 Å². The van der Waals surface area contributed by atoms with Crippen LogP contribution in [0.1, 0.15) is 66.8 Å². The van der Waals surface area contributed by atoms with Crippen molar-refractivity contribution in [3.8, 4) is 0 Å². The molecule has 3 aliphatic rings. The normalized spacial score (nSPS) is 23.2. The van der Waals surface area contributed by atoms with Gasteiger partial charge in [0.15, 0.2) is 0 Å². The number of benzene rings is 1. The van der Waals surface area contributed by atoms with Gasteiger partial charge in [0.05, 0.1) is 5.69 Å². The number of hydrogen-bond donors (Lipinski definition) is 0.